The minimum atomic E-state index is -0.348. The second kappa shape index (κ2) is 8.67. The Kier molecular flexibility index (Phi) is 6.31. The zero-order valence-corrected chi connectivity index (χ0v) is 15.1. The first kappa shape index (κ1) is 18.2. The van der Waals surface area contributed by atoms with Gasteiger partial charge < -0.3 is 15.1 Å². The van der Waals surface area contributed by atoms with E-state index in [-0.39, 0.29) is 23.7 Å². The van der Waals surface area contributed by atoms with Gasteiger partial charge in [-0.1, -0.05) is 0 Å². The minimum absolute atomic E-state index is 0.0975. The smallest absolute Gasteiger partial charge is 0.253 e. The van der Waals surface area contributed by atoms with Gasteiger partial charge in [-0.05, 0) is 30.7 Å². The van der Waals surface area contributed by atoms with Crippen LogP contribution in [0.2, 0.25) is 0 Å². The number of thioether (sulfide) groups is 1. The predicted octanol–water partition coefficient (Wildman–Crippen LogP) is 1.60. The van der Waals surface area contributed by atoms with E-state index in [1.54, 1.807) is 4.90 Å². The van der Waals surface area contributed by atoms with Crippen molar-refractivity contribution in [2.45, 2.75) is 18.9 Å². The van der Waals surface area contributed by atoms with Gasteiger partial charge >= 0.3 is 0 Å². The maximum Gasteiger partial charge on any atom is 0.253 e. The number of hydrogen-bond acceptors (Lipinski definition) is 4. The summed E-state index contributed by atoms with van der Waals surface area (Å²) >= 11 is 1.89. The van der Waals surface area contributed by atoms with Crippen LogP contribution in [-0.4, -0.2) is 71.9 Å². The van der Waals surface area contributed by atoms with E-state index in [0.717, 1.165) is 24.5 Å². The fourth-order valence-corrected chi connectivity index (χ4v) is 4.18. The molecule has 1 aromatic carbocycles. The fourth-order valence-electron chi connectivity index (χ4n) is 3.24. The normalized spacial score (nSPS) is 21.7. The average Bonchev–Trinajstić information content (AvgIpc) is 2.89. The number of rotatable bonds is 3. The van der Waals surface area contributed by atoms with Gasteiger partial charge in [0.25, 0.3) is 5.91 Å². The van der Waals surface area contributed by atoms with Gasteiger partial charge in [-0.3, -0.25) is 9.59 Å². The molecule has 0 aromatic heterocycles. The van der Waals surface area contributed by atoms with Gasteiger partial charge in [0.15, 0.2) is 0 Å². The van der Waals surface area contributed by atoms with Gasteiger partial charge in [0.05, 0.1) is 0 Å². The molecule has 5 nitrogen and oxygen atoms in total. The molecule has 1 atom stereocenters. The largest absolute Gasteiger partial charge is 0.341 e. The van der Waals surface area contributed by atoms with E-state index < -0.39 is 0 Å². The van der Waals surface area contributed by atoms with Crippen LogP contribution >= 0.6 is 11.8 Å². The van der Waals surface area contributed by atoms with Crippen LogP contribution in [0.15, 0.2) is 24.3 Å². The van der Waals surface area contributed by atoms with E-state index in [0.29, 0.717) is 38.2 Å². The lowest BCUT2D eigenvalue weighted by Crippen LogP contribution is -2.43. The van der Waals surface area contributed by atoms with Crippen LogP contribution in [-0.2, 0) is 4.79 Å². The first-order valence-electron chi connectivity index (χ1n) is 8.77. The molecule has 0 spiro atoms. The summed E-state index contributed by atoms with van der Waals surface area (Å²) in [6.45, 7) is 3.35. The summed E-state index contributed by atoms with van der Waals surface area (Å²) in [5.74, 6) is 1.80. The highest BCUT2D eigenvalue weighted by Gasteiger charge is 2.25. The lowest BCUT2D eigenvalue weighted by molar-refractivity contribution is -0.131. The van der Waals surface area contributed by atoms with Crippen LogP contribution < -0.4 is 5.32 Å². The molecule has 0 aliphatic carbocycles. The minimum Gasteiger partial charge on any atom is -0.341 e. The van der Waals surface area contributed by atoms with Crippen LogP contribution in [0.1, 0.15) is 23.2 Å². The van der Waals surface area contributed by atoms with Crippen LogP contribution in [0.4, 0.5) is 4.39 Å². The van der Waals surface area contributed by atoms with E-state index in [9.17, 15) is 14.0 Å². The van der Waals surface area contributed by atoms with Crippen molar-refractivity contribution in [1.29, 1.82) is 0 Å². The van der Waals surface area contributed by atoms with Crippen molar-refractivity contribution in [3.05, 3.63) is 35.6 Å². The topological polar surface area (TPSA) is 52.7 Å². The summed E-state index contributed by atoms with van der Waals surface area (Å²) < 4.78 is 13.0. The summed E-state index contributed by atoms with van der Waals surface area (Å²) in [5.41, 5.74) is 0.490. The quantitative estimate of drug-likeness (QED) is 0.884. The van der Waals surface area contributed by atoms with Crippen LogP contribution in [0.25, 0.3) is 0 Å². The molecule has 0 bridgehead atoms. The number of nitrogens with one attached hydrogen (secondary N) is 1. The third kappa shape index (κ3) is 4.95. The molecule has 0 radical (unpaired) electrons. The zero-order chi connectivity index (χ0) is 17.6. The van der Waals surface area contributed by atoms with Crippen molar-refractivity contribution >= 4 is 23.6 Å². The molecule has 0 saturated carbocycles. The Morgan fingerprint density at radius 1 is 1.12 bits per heavy atom. The van der Waals surface area contributed by atoms with Gasteiger partial charge in [0.1, 0.15) is 5.82 Å². The molecule has 25 heavy (non-hydrogen) atoms. The molecule has 136 valence electrons. The monoisotopic (exact) mass is 365 g/mol. The van der Waals surface area contributed by atoms with Crippen molar-refractivity contribution in [2.75, 3.05) is 44.2 Å². The highest BCUT2D eigenvalue weighted by Crippen LogP contribution is 2.14. The van der Waals surface area contributed by atoms with Crippen molar-refractivity contribution in [2.24, 2.45) is 0 Å². The number of hydrogen-bond donors (Lipinski definition) is 1. The molecule has 2 aliphatic heterocycles. The molecule has 2 aliphatic rings. The molecule has 2 amide bonds. The molecular weight excluding hydrogens is 341 g/mol. The Morgan fingerprint density at radius 3 is 2.56 bits per heavy atom. The second-order valence-electron chi connectivity index (χ2n) is 6.46. The summed E-state index contributed by atoms with van der Waals surface area (Å²) in [4.78, 5) is 28.7. The van der Waals surface area contributed by atoms with Crippen molar-refractivity contribution < 1.29 is 14.0 Å². The standard InChI is InChI=1S/C18H24FN3O2S/c19-15-4-2-14(3-5-15)18(24)22-8-1-7-21(9-10-22)17(23)12-16-13-25-11-6-20-16/h2-5,16,20H,1,6-13H2. The molecule has 1 aromatic rings. The lowest BCUT2D eigenvalue weighted by Gasteiger charge is -2.27. The molecule has 2 saturated heterocycles. The van der Waals surface area contributed by atoms with Crippen LogP contribution in [0.3, 0.4) is 0 Å². The van der Waals surface area contributed by atoms with Gasteiger partial charge in [-0.2, -0.15) is 11.8 Å². The van der Waals surface area contributed by atoms with E-state index in [1.807, 2.05) is 16.7 Å². The Labute approximate surface area is 151 Å². The molecule has 1 unspecified atom stereocenters. The highest BCUT2D eigenvalue weighted by molar-refractivity contribution is 7.99. The van der Waals surface area contributed by atoms with Gasteiger partial charge in [0, 0.05) is 62.3 Å². The van der Waals surface area contributed by atoms with Gasteiger partial charge in [-0.25, -0.2) is 4.39 Å². The number of carbonyl (C=O) groups is 2. The third-order valence-corrected chi connectivity index (χ3v) is 5.78. The van der Waals surface area contributed by atoms with Gasteiger partial charge in [0.2, 0.25) is 5.91 Å². The fraction of sp³-hybridized carbons (Fsp3) is 0.556. The zero-order valence-electron chi connectivity index (χ0n) is 14.2. The van der Waals surface area contributed by atoms with E-state index in [2.05, 4.69) is 5.32 Å². The summed E-state index contributed by atoms with van der Waals surface area (Å²) in [5, 5.41) is 3.39. The first-order valence-corrected chi connectivity index (χ1v) is 9.93. The van der Waals surface area contributed by atoms with E-state index in [1.165, 1.54) is 24.3 Å². The average molecular weight is 365 g/mol. The lowest BCUT2D eigenvalue weighted by atomic mass is 10.2. The highest BCUT2D eigenvalue weighted by atomic mass is 32.2. The van der Waals surface area contributed by atoms with Crippen molar-refractivity contribution in [1.82, 2.24) is 15.1 Å². The van der Waals surface area contributed by atoms with E-state index in [4.69, 9.17) is 0 Å². The Hall–Kier alpha value is -1.60. The first-order chi connectivity index (χ1) is 12.1. The molecule has 2 heterocycles. The Bertz CT molecular complexity index is 605. The van der Waals surface area contributed by atoms with Crippen LogP contribution in [0, 0.1) is 5.82 Å². The van der Waals surface area contributed by atoms with Crippen LogP contribution in [0.5, 0.6) is 0 Å². The maximum atomic E-state index is 13.0. The Morgan fingerprint density at radius 2 is 1.84 bits per heavy atom. The Balaban J connectivity index is 1.53. The van der Waals surface area contributed by atoms with Crippen molar-refractivity contribution in [3.63, 3.8) is 0 Å². The summed E-state index contributed by atoms with van der Waals surface area (Å²) in [7, 11) is 0. The summed E-state index contributed by atoms with van der Waals surface area (Å²) in [6, 6.07) is 5.88. The SMILES string of the molecule is O=C(CC1CSCCN1)N1CCCN(C(=O)c2ccc(F)cc2)CC1. The second-order valence-corrected chi connectivity index (χ2v) is 7.61. The maximum absolute atomic E-state index is 13.0. The molecule has 7 heteroatoms. The summed E-state index contributed by atoms with van der Waals surface area (Å²) in [6.07, 6.45) is 1.30. The number of carbonyl (C=O) groups excluding carboxylic acids is 2. The number of amides is 2. The molecule has 2 fully saturated rings. The predicted molar refractivity (Wildman–Crippen MR) is 97.2 cm³/mol. The number of nitrogens with zero attached hydrogens (tertiary/aromatic N) is 2. The molecular formula is C18H24FN3O2S. The molecule has 3 rings (SSSR count). The number of benzene rings is 1. The number of halogens is 1. The van der Waals surface area contributed by atoms with Crippen molar-refractivity contribution in [3.8, 4) is 0 Å². The van der Waals surface area contributed by atoms with Gasteiger partial charge in [-0.15, -0.1) is 0 Å². The van der Waals surface area contributed by atoms with E-state index >= 15 is 0 Å². The molecule has 1 N–H and O–H groups in total. The third-order valence-electron chi connectivity index (χ3n) is 4.65.